The Hall–Kier alpha value is -0.770. The molecule has 0 amide bonds. The third-order valence-corrected chi connectivity index (χ3v) is 4.99. The zero-order chi connectivity index (χ0) is 19.5. The second-order valence-electron chi connectivity index (χ2n) is 7.12. The van der Waals surface area contributed by atoms with Gasteiger partial charge in [0.25, 0.3) is 0 Å². The summed E-state index contributed by atoms with van der Waals surface area (Å²) in [5.74, 6) is 0. The van der Waals surface area contributed by atoms with Crippen LogP contribution in [0.4, 0.5) is 4.79 Å². The molecule has 0 aromatic rings. The van der Waals surface area contributed by atoms with Crippen LogP contribution in [0.2, 0.25) is 0 Å². The van der Waals surface area contributed by atoms with E-state index in [1.165, 1.54) is 57.8 Å². The summed E-state index contributed by atoms with van der Waals surface area (Å²) in [6, 6.07) is 0. The van der Waals surface area contributed by atoms with Crippen LogP contribution >= 0.6 is 0 Å². The van der Waals surface area contributed by atoms with Gasteiger partial charge in [0, 0.05) is 6.54 Å². The third-order valence-electron chi connectivity index (χ3n) is 4.99. The van der Waals surface area contributed by atoms with Gasteiger partial charge in [0.05, 0.1) is 0 Å². The molecule has 0 aliphatic heterocycles. The van der Waals surface area contributed by atoms with Crippen LogP contribution in [0, 0.1) is 6.92 Å². The molecule has 0 saturated carbocycles. The number of nitrogens with zero attached hydrogens (tertiary/aromatic N) is 1. The summed E-state index contributed by atoms with van der Waals surface area (Å²) < 4.78 is 10.6. The van der Waals surface area contributed by atoms with Crippen molar-refractivity contribution in [2.75, 3.05) is 26.2 Å². The van der Waals surface area contributed by atoms with Gasteiger partial charge in [-0.25, -0.2) is 4.79 Å². The molecule has 0 rings (SSSR count). The third kappa shape index (κ3) is 15.5. The van der Waals surface area contributed by atoms with Gasteiger partial charge in [-0.05, 0) is 39.3 Å². The molecule has 0 bridgehead atoms. The Kier molecular flexibility index (Phi) is 18.4. The van der Waals surface area contributed by atoms with E-state index in [2.05, 4.69) is 32.6 Å². The number of likely N-dealkylation sites (N-methyl/N-ethyl adjacent to an activating group) is 1. The molecular weight excluding hydrogens is 326 g/mol. The molecular formula is C22H44NO3. The molecule has 1 unspecified atom stereocenters. The van der Waals surface area contributed by atoms with Gasteiger partial charge < -0.3 is 14.4 Å². The van der Waals surface area contributed by atoms with Gasteiger partial charge in [-0.2, -0.15) is 0 Å². The zero-order valence-corrected chi connectivity index (χ0v) is 17.8. The molecule has 0 saturated heterocycles. The van der Waals surface area contributed by atoms with Gasteiger partial charge in [-0.3, -0.25) is 0 Å². The van der Waals surface area contributed by atoms with Gasteiger partial charge in [0.15, 0.2) is 0 Å². The Morgan fingerprint density at radius 1 is 0.885 bits per heavy atom. The first-order valence-electron chi connectivity index (χ1n) is 11.0. The summed E-state index contributed by atoms with van der Waals surface area (Å²) in [5, 5.41) is 0. The van der Waals surface area contributed by atoms with Crippen molar-refractivity contribution in [3.63, 3.8) is 0 Å². The number of carbonyl (C=O) groups is 1. The average Bonchev–Trinajstić information content (AvgIpc) is 2.65. The topological polar surface area (TPSA) is 38.8 Å². The predicted octanol–water partition coefficient (Wildman–Crippen LogP) is 6.39. The van der Waals surface area contributed by atoms with E-state index in [1.807, 2.05) is 0 Å². The van der Waals surface area contributed by atoms with E-state index in [0.29, 0.717) is 13.0 Å². The largest absolute Gasteiger partial charge is 0.508 e. The lowest BCUT2D eigenvalue weighted by atomic mass is 10.0. The van der Waals surface area contributed by atoms with Crippen LogP contribution in [0.3, 0.4) is 0 Å². The normalized spacial score (nSPS) is 12.3. The lowest BCUT2D eigenvalue weighted by molar-refractivity contribution is 0.0165. The maximum Gasteiger partial charge on any atom is 0.508 e. The van der Waals surface area contributed by atoms with Crippen molar-refractivity contribution in [1.29, 1.82) is 0 Å². The molecule has 0 fully saturated rings. The number of unbranched alkanes of at least 4 members (excludes halogenated alkanes) is 9. The first kappa shape index (κ1) is 25.2. The lowest BCUT2D eigenvalue weighted by Crippen LogP contribution is -2.28. The summed E-state index contributed by atoms with van der Waals surface area (Å²) in [6.07, 6.45) is 14.0. The number of ether oxygens (including phenoxy) is 2. The number of carbonyl (C=O) groups excluding carboxylic acids is 1. The summed E-state index contributed by atoms with van der Waals surface area (Å²) in [6.45, 7) is 13.5. The first-order valence-corrected chi connectivity index (χ1v) is 11.0. The summed E-state index contributed by atoms with van der Waals surface area (Å²) in [7, 11) is 0. The second-order valence-corrected chi connectivity index (χ2v) is 7.12. The van der Waals surface area contributed by atoms with Gasteiger partial charge >= 0.3 is 6.16 Å². The highest BCUT2D eigenvalue weighted by molar-refractivity contribution is 5.60. The quantitative estimate of drug-likeness (QED) is 0.207. The fraction of sp³-hybridized carbons (Fsp3) is 0.909. The maximum absolute atomic E-state index is 11.8. The fourth-order valence-corrected chi connectivity index (χ4v) is 3.09. The van der Waals surface area contributed by atoms with Gasteiger partial charge in [-0.1, -0.05) is 78.6 Å². The minimum absolute atomic E-state index is 0.106. The van der Waals surface area contributed by atoms with Crippen molar-refractivity contribution < 1.29 is 14.3 Å². The first-order chi connectivity index (χ1) is 12.7. The minimum atomic E-state index is -0.544. The molecule has 155 valence electrons. The van der Waals surface area contributed by atoms with E-state index in [4.69, 9.17) is 9.47 Å². The van der Waals surface area contributed by atoms with Crippen LogP contribution in [0.15, 0.2) is 0 Å². The minimum Gasteiger partial charge on any atom is -0.433 e. The lowest BCUT2D eigenvalue weighted by Gasteiger charge is -2.19. The Morgan fingerprint density at radius 2 is 1.42 bits per heavy atom. The van der Waals surface area contributed by atoms with Crippen molar-refractivity contribution in [3.8, 4) is 0 Å². The molecule has 26 heavy (non-hydrogen) atoms. The molecule has 0 heterocycles. The highest BCUT2D eigenvalue weighted by Gasteiger charge is 2.13. The van der Waals surface area contributed by atoms with Crippen molar-refractivity contribution in [3.05, 3.63) is 6.92 Å². The van der Waals surface area contributed by atoms with Crippen molar-refractivity contribution in [2.24, 2.45) is 0 Å². The van der Waals surface area contributed by atoms with E-state index in [-0.39, 0.29) is 6.10 Å². The van der Waals surface area contributed by atoms with Crippen molar-refractivity contribution in [2.45, 2.75) is 104 Å². The van der Waals surface area contributed by atoms with Crippen LogP contribution in [0.1, 0.15) is 97.8 Å². The SMILES string of the molecule is [CH2]CC(CCCCCCCCCCCC)OC(=O)OCCN(CC)CC. The molecule has 0 spiro atoms. The molecule has 1 atom stereocenters. The molecule has 0 aromatic carbocycles. The molecule has 0 aliphatic carbocycles. The van der Waals surface area contributed by atoms with Gasteiger partial charge in [0.1, 0.15) is 12.7 Å². The number of hydrogen-bond donors (Lipinski definition) is 0. The fourth-order valence-electron chi connectivity index (χ4n) is 3.09. The molecule has 4 heteroatoms. The molecule has 0 aliphatic rings. The van der Waals surface area contributed by atoms with Crippen LogP contribution in [-0.4, -0.2) is 43.4 Å². The summed E-state index contributed by atoms with van der Waals surface area (Å²) in [4.78, 5) is 14.0. The number of rotatable bonds is 18. The number of hydrogen-bond acceptors (Lipinski definition) is 4. The standard InChI is InChI=1S/C22H44NO3/c1-5-9-10-11-12-13-14-15-16-17-18-21(6-2)26-22(24)25-20-19-23(7-3)8-4/h21H,2,5-20H2,1,3-4H3. The van der Waals surface area contributed by atoms with Gasteiger partial charge in [0.2, 0.25) is 0 Å². The van der Waals surface area contributed by atoms with E-state index in [1.54, 1.807) is 0 Å². The van der Waals surface area contributed by atoms with Gasteiger partial charge in [-0.15, -0.1) is 0 Å². The second kappa shape index (κ2) is 19.0. The Morgan fingerprint density at radius 3 is 1.92 bits per heavy atom. The monoisotopic (exact) mass is 370 g/mol. The van der Waals surface area contributed by atoms with Crippen LogP contribution in [-0.2, 0) is 9.47 Å². The molecule has 1 radical (unpaired) electrons. The van der Waals surface area contributed by atoms with E-state index in [9.17, 15) is 4.79 Å². The predicted molar refractivity (Wildman–Crippen MR) is 110 cm³/mol. The maximum atomic E-state index is 11.8. The highest BCUT2D eigenvalue weighted by Crippen LogP contribution is 2.14. The molecule has 0 N–H and O–H groups in total. The van der Waals surface area contributed by atoms with Crippen molar-refractivity contribution in [1.82, 2.24) is 4.90 Å². The zero-order valence-electron chi connectivity index (χ0n) is 17.8. The van der Waals surface area contributed by atoms with Crippen LogP contribution in [0.5, 0.6) is 0 Å². The summed E-state index contributed by atoms with van der Waals surface area (Å²) >= 11 is 0. The Balaban J connectivity index is 3.59. The Bertz CT molecular complexity index is 306. The Labute approximate surface area is 163 Å². The van der Waals surface area contributed by atoms with Crippen molar-refractivity contribution >= 4 is 6.16 Å². The van der Waals surface area contributed by atoms with E-state index in [0.717, 1.165) is 32.5 Å². The van der Waals surface area contributed by atoms with E-state index >= 15 is 0 Å². The highest BCUT2D eigenvalue weighted by atomic mass is 16.7. The average molecular weight is 371 g/mol. The summed E-state index contributed by atoms with van der Waals surface area (Å²) in [5.41, 5.74) is 0. The smallest absolute Gasteiger partial charge is 0.433 e. The molecule has 4 nitrogen and oxygen atoms in total. The van der Waals surface area contributed by atoms with Crippen LogP contribution < -0.4 is 0 Å². The molecule has 0 aromatic heterocycles. The van der Waals surface area contributed by atoms with Crippen LogP contribution in [0.25, 0.3) is 0 Å². The van der Waals surface area contributed by atoms with E-state index < -0.39 is 6.16 Å².